The molecule has 0 atom stereocenters. The summed E-state index contributed by atoms with van der Waals surface area (Å²) in [5.41, 5.74) is 7.53. The van der Waals surface area contributed by atoms with Crippen molar-refractivity contribution in [2.24, 2.45) is 0 Å². The highest BCUT2D eigenvalue weighted by molar-refractivity contribution is 6.31. The molecule has 5 heteroatoms. The molecule has 98 valence electrons. The lowest BCUT2D eigenvalue weighted by molar-refractivity contribution is 0.102. The Bertz CT molecular complexity index is 643. The Hall–Kier alpha value is -2.07. The molecule has 0 saturated carbocycles. The highest BCUT2D eigenvalue weighted by Gasteiger charge is 2.11. The zero-order valence-corrected chi connectivity index (χ0v) is 11.0. The number of halogens is 2. The quantitative estimate of drug-likeness (QED) is 0.824. The molecule has 0 heterocycles. The summed E-state index contributed by atoms with van der Waals surface area (Å²) in [7, 11) is 0. The maximum atomic E-state index is 13.6. The summed E-state index contributed by atoms with van der Waals surface area (Å²) >= 11 is 5.64. The van der Waals surface area contributed by atoms with Gasteiger partial charge in [-0.3, -0.25) is 4.79 Å². The molecule has 0 fully saturated rings. The number of nitrogens with one attached hydrogen (secondary N) is 1. The molecule has 2 aromatic carbocycles. The van der Waals surface area contributed by atoms with Crippen molar-refractivity contribution < 1.29 is 9.18 Å². The summed E-state index contributed by atoms with van der Waals surface area (Å²) in [6.45, 7) is 1.84. The maximum Gasteiger partial charge on any atom is 0.255 e. The van der Waals surface area contributed by atoms with Gasteiger partial charge in [0, 0.05) is 11.3 Å². The van der Waals surface area contributed by atoms with Gasteiger partial charge in [-0.05, 0) is 36.8 Å². The zero-order valence-electron chi connectivity index (χ0n) is 10.2. The van der Waals surface area contributed by atoms with Crippen LogP contribution in [0.2, 0.25) is 5.02 Å². The van der Waals surface area contributed by atoms with E-state index in [4.69, 9.17) is 17.3 Å². The molecule has 2 aromatic rings. The minimum Gasteiger partial charge on any atom is -0.398 e. The van der Waals surface area contributed by atoms with E-state index in [1.165, 1.54) is 12.1 Å². The molecule has 0 radical (unpaired) electrons. The fraction of sp³-hybridized carbons (Fsp3) is 0.0714. The SMILES string of the molecule is Cc1ccc(C(=O)Nc2cccc(Cl)c2F)cc1N. The number of hydrogen-bond acceptors (Lipinski definition) is 2. The van der Waals surface area contributed by atoms with Crippen LogP contribution >= 0.6 is 11.6 Å². The third-order valence-corrected chi connectivity index (χ3v) is 3.03. The van der Waals surface area contributed by atoms with Crippen LogP contribution in [0.25, 0.3) is 0 Å². The Labute approximate surface area is 115 Å². The van der Waals surface area contributed by atoms with E-state index in [0.717, 1.165) is 5.56 Å². The van der Waals surface area contributed by atoms with Crippen molar-refractivity contribution in [3.8, 4) is 0 Å². The van der Waals surface area contributed by atoms with Gasteiger partial charge in [0.15, 0.2) is 5.82 Å². The molecule has 0 aliphatic heterocycles. The molecule has 3 nitrogen and oxygen atoms in total. The van der Waals surface area contributed by atoms with Gasteiger partial charge in [0.2, 0.25) is 0 Å². The average molecular weight is 279 g/mol. The van der Waals surface area contributed by atoms with E-state index in [-0.39, 0.29) is 10.7 Å². The lowest BCUT2D eigenvalue weighted by Crippen LogP contribution is -2.13. The molecule has 1 amide bonds. The van der Waals surface area contributed by atoms with Gasteiger partial charge in [0.05, 0.1) is 10.7 Å². The second-order valence-electron chi connectivity index (χ2n) is 4.13. The molecular formula is C14H12ClFN2O. The molecular weight excluding hydrogens is 267 g/mol. The minimum atomic E-state index is -0.655. The second kappa shape index (κ2) is 5.28. The van der Waals surface area contributed by atoms with E-state index >= 15 is 0 Å². The number of benzene rings is 2. The van der Waals surface area contributed by atoms with Crippen LogP contribution in [-0.4, -0.2) is 5.91 Å². The highest BCUT2D eigenvalue weighted by atomic mass is 35.5. The van der Waals surface area contributed by atoms with Crippen LogP contribution < -0.4 is 11.1 Å². The standard InChI is InChI=1S/C14H12ClFN2O/c1-8-5-6-9(7-11(8)17)14(19)18-12-4-2-3-10(15)13(12)16/h2-7H,17H2,1H3,(H,18,19). The third kappa shape index (κ3) is 2.85. The summed E-state index contributed by atoms with van der Waals surface area (Å²) in [6, 6.07) is 9.33. The fourth-order valence-corrected chi connectivity index (χ4v) is 1.75. The first-order chi connectivity index (χ1) is 8.99. The molecule has 0 aliphatic rings. The van der Waals surface area contributed by atoms with Gasteiger partial charge in [0.1, 0.15) is 0 Å². The van der Waals surface area contributed by atoms with Gasteiger partial charge in [-0.25, -0.2) is 4.39 Å². The van der Waals surface area contributed by atoms with Crippen LogP contribution in [0.4, 0.5) is 15.8 Å². The lowest BCUT2D eigenvalue weighted by atomic mass is 10.1. The zero-order chi connectivity index (χ0) is 14.0. The summed E-state index contributed by atoms with van der Waals surface area (Å²) in [6.07, 6.45) is 0. The van der Waals surface area contributed by atoms with Crippen LogP contribution in [0, 0.1) is 12.7 Å². The highest BCUT2D eigenvalue weighted by Crippen LogP contribution is 2.23. The first kappa shape index (κ1) is 13.4. The number of hydrogen-bond donors (Lipinski definition) is 2. The van der Waals surface area contributed by atoms with Crippen molar-refractivity contribution in [1.29, 1.82) is 0 Å². The van der Waals surface area contributed by atoms with Gasteiger partial charge < -0.3 is 11.1 Å². The van der Waals surface area contributed by atoms with E-state index in [2.05, 4.69) is 5.32 Å². The maximum absolute atomic E-state index is 13.6. The lowest BCUT2D eigenvalue weighted by Gasteiger charge is -2.08. The first-order valence-corrected chi connectivity index (χ1v) is 5.98. The normalized spacial score (nSPS) is 10.3. The number of carbonyl (C=O) groups excluding carboxylic acids is 1. The number of aryl methyl sites for hydroxylation is 1. The van der Waals surface area contributed by atoms with E-state index in [9.17, 15) is 9.18 Å². The summed E-state index contributed by atoms with van der Waals surface area (Å²) < 4.78 is 13.6. The predicted molar refractivity (Wildman–Crippen MR) is 75.0 cm³/mol. The monoisotopic (exact) mass is 278 g/mol. The summed E-state index contributed by atoms with van der Waals surface area (Å²) in [5.74, 6) is -1.09. The van der Waals surface area contributed by atoms with Crippen LogP contribution in [0.3, 0.4) is 0 Å². The number of rotatable bonds is 2. The molecule has 2 rings (SSSR count). The van der Waals surface area contributed by atoms with Crippen molar-refractivity contribution in [3.05, 3.63) is 58.4 Å². The van der Waals surface area contributed by atoms with Gasteiger partial charge in [-0.2, -0.15) is 0 Å². The van der Waals surface area contributed by atoms with Gasteiger partial charge in [-0.15, -0.1) is 0 Å². The Morgan fingerprint density at radius 3 is 2.74 bits per heavy atom. The average Bonchev–Trinajstić information content (AvgIpc) is 2.38. The molecule has 0 aromatic heterocycles. The summed E-state index contributed by atoms with van der Waals surface area (Å²) in [5, 5.41) is 2.42. The topological polar surface area (TPSA) is 55.1 Å². The predicted octanol–water partition coefficient (Wildman–Crippen LogP) is 3.62. The Balaban J connectivity index is 2.26. The van der Waals surface area contributed by atoms with E-state index in [1.54, 1.807) is 24.3 Å². The Morgan fingerprint density at radius 2 is 2.05 bits per heavy atom. The molecule has 0 bridgehead atoms. The van der Waals surface area contributed by atoms with Crippen molar-refractivity contribution in [2.75, 3.05) is 11.1 Å². The van der Waals surface area contributed by atoms with Crippen molar-refractivity contribution in [3.63, 3.8) is 0 Å². The van der Waals surface area contributed by atoms with Crippen LogP contribution in [-0.2, 0) is 0 Å². The minimum absolute atomic E-state index is 0.0386. The summed E-state index contributed by atoms with van der Waals surface area (Å²) in [4.78, 5) is 12.0. The third-order valence-electron chi connectivity index (χ3n) is 2.74. The molecule has 0 saturated heterocycles. The number of nitrogen functional groups attached to an aromatic ring is 1. The Morgan fingerprint density at radius 1 is 1.32 bits per heavy atom. The molecule has 0 unspecified atom stereocenters. The number of carbonyl (C=O) groups is 1. The number of anilines is 2. The number of nitrogens with two attached hydrogens (primary N) is 1. The van der Waals surface area contributed by atoms with Crippen molar-refractivity contribution in [2.45, 2.75) is 6.92 Å². The van der Waals surface area contributed by atoms with Gasteiger partial charge in [-0.1, -0.05) is 23.7 Å². The molecule has 3 N–H and O–H groups in total. The van der Waals surface area contributed by atoms with Crippen molar-refractivity contribution >= 4 is 28.9 Å². The van der Waals surface area contributed by atoms with E-state index in [0.29, 0.717) is 11.3 Å². The fourth-order valence-electron chi connectivity index (χ4n) is 1.58. The number of amides is 1. The van der Waals surface area contributed by atoms with Crippen molar-refractivity contribution in [1.82, 2.24) is 0 Å². The first-order valence-electron chi connectivity index (χ1n) is 5.60. The molecule has 0 spiro atoms. The molecule has 19 heavy (non-hydrogen) atoms. The largest absolute Gasteiger partial charge is 0.398 e. The van der Waals surface area contributed by atoms with Gasteiger partial charge in [0.25, 0.3) is 5.91 Å². The smallest absolute Gasteiger partial charge is 0.255 e. The Kier molecular flexibility index (Phi) is 3.71. The van der Waals surface area contributed by atoms with Crippen LogP contribution in [0.15, 0.2) is 36.4 Å². The van der Waals surface area contributed by atoms with Gasteiger partial charge >= 0.3 is 0 Å². The second-order valence-corrected chi connectivity index (χ2v) is 4.53. The van der Waals surface area contributed by atoms with E-state index in [1.807, 2.05) is 6.92 Å². The van der Waals surface area contributed by atoms with Crippen LogP contribution in [0.1, 0.15) is 15.9 Å². The molecule has 0 aliphatic carbocycles. The van der Waals surface area contributed by atoms with Crippen LogP contribution in [0.5, 0.6) is 0 Å². The van der Waals surface area contributed by atoms with E-state index < -0.39 is 11.7 Å².